The fourth-order valence-electron chi connectivity index (χ4n) is 2.29. The highest BCUT2D eigenvalue weighted by Gasteiger charge is 2.21. The van der Waals surface area contributed by atoms with Gasteiger partial charge in [-0.1, -0.05) is 29.4 Å². The van der Waals surface area contributed by atoms with Crippen LogP contribution in [0.1, 0.15) is 13.8 Å². The Morgan fingerprint density at radius 2 is 2.23 bits per heavy atom. The number of rotatable bonds is 6. The van der Waals surface area contributed by atoms with E-state index in [0.29, 0.717) is 11.7 Å². The van der Waals surface area contributed by atoms with Gasteiger partial charge < -0.3 is 9.88 Å². The van der Waals surface area contributed by atoms with Crippen molar-refractivity contribution in [2.45, 2.75) is 30.8 Å². The van der Waals surface area contributed by atoms with Gasteiger partial charge in [-0.05, 0) is 43.5 Å². The van der Waals surface area contributed by atoms with Crippen molar-refractivity contribution in [1.29, 1.82) is 0 Å². The first-order valence-corrected chi connectivity index (χ1v) is 10.0. The molecule has 0 aliphatic rings. The third kappa shape index (κ3) is 4.08. The van der Waals surface area contributed by atoms with Crippen molar-refractivity contribution < 1.29 is 9.18 Å². The summed E-state index contributed by atoms with van der Waals surface area (Å²) in [5.74, 6) is -0.111. The minimum absolute atomic E-state index is 0.100. The highest BCUT2D eigenvalue weighted by atomic mass is 35.5. The molecule has 9 heteroatoms. The Morgan fingerprint density at radius 3 is 2.88 bits per heavy atom. The van der Waals surface area contributed by atoms with Crippen LogP contribution in [0.2, 0.25) is 5.02 Å². The molecule has 0 bridgehead atoms. The van der Waals surface area contributed by atoms with Crippen LogP contribution in [0, 0.1) is 5.82 Å². The summed E-state index contributed by atoms with van der Waals surface area (Å²) in [7, 11) is 0. The SMILES string of the molecule is CCn1c(S[C@@H](C)C(=O)Nc2ccc(Cl)cc2F)nnc1-c1cccs1. The standard InChI is InChI=1S/C17H16ClFN4OS2/c1-3-23-15(14-5-4-8-25-14)21-22-17(23)26-10(2)16(24)20-13-7-6-11(18)9-12(13)19/h4-10H,3H2,1-2H3,(H,20,24)/t10-/m0/s1. The van der Waals surface area contributed by atoms with E-state index in [1.807, 2.05) is 29.0 Å². The molecular weight excluding hydrogens is 395 g/mol. The maximum atomic E-state index is 13.8. The van der Waals surface area contributed by atoms with Crippen LogP contribution >= 0.6 is 34.7 Å². The van der Waals surface area contributed by atoms with Crippen LogP contribution in [0.4, 0.5) is 10.1 Å². The number of benzene rings is 1. The van der Waals surface area contributed by atoms with E-state index in [-0.39, 0.29) is 16.6 Å². The largest absolute Gasteiger partial charge is 0.323 e. The molecule has 0 radical (unpaired) electrons. The summed E-state index contributed by atoms with van der Waals surface area (Å²) in [6, 6.07) is 8.07. The minimum Gasteiger partial charge on any atom is -0.323 e. The lowest BCUT2D eigenvalue weighted by atomic mass is 10.3. The first-order chi connectivity index (χ1) is 12.5. The molecule has 0 aliphatic carbocycles. The van der Waals surface area contributed by atoms with Gasteiger partial charge in [0.1, 0.15) is 5.82 Å². The number of thioether (sulfide) groups is 1. The van der Waals surface area contributed by atoms with Crippen molar-refractivity contribution >= 4 is 46.3 Å². The summed E-state index contributed by atoms with van der Waals surface area (Å²) < 4.78 is 15.8. The molecule has 3 aromatic rings. The summed E-state index contributed by atoms with van der Waals surface area (Å²) in [4.78, 5) is 13.4. The first kappa shape index (κ1) is 18.9. The van der Waals surface area contributed by atoms with Gasteiger partial charge in [-0.2, -0.15) is 0 Å². The van der Waals surface area contributed by atoms with E-state index in [2.05, 4.69) is 15.5 Å². The number of nitrogens with one attached hydrogen (secondary N) is 1. The number of hydrogen-bond acceptors (Lipinski definition) is 5. The molecular formula is C17H16ClFN4OS2. The number of halogens is 2. The summed E-state index contributed by atoms with van der Waals surface area (Å²) in [6.45, 7) is 4.42. The van der Waals surface area contributed by atoms with E-state index in [4.69, 9.17) is 11.6 Å². The van der Waals surface area contributed by atoms with E-state index in [9.17, 15) is 9.18 Å². The molecule has 1 atom stereocenters. The van der Waals surface area contributed by atoms with E-state index in [1.165, 1.54) is 23.9 Å². The number of nitrogens with zero attached hydrogens (tertiary/aromatic N) is 3. The van der Waals surface area contributed by atoms with Gasteiger partial charge in [-0.25, -0.2) is 4.39 Å². The van der Waals surface area contributed by atoms with Gasteiger partial charge in [-0.3, -0.25) is 4.79 Å². The molecule has 0 unspecified atom stereocenters. The molecule has 1 amide bonds. The number of thiophene rings is 1. The average Bonchev–Trinajstić information content (AvgIpc) is 3.26. The highest BCUT2D eigenvalue weighted by molar-refractivity contribution is 8.00. The maximum Gasteiger partial charge on any atom is 0.237 e. The van der Waals surface area contributed by atoms with Crippen molar-refractivity contribution in [2.24, 2.45) is 0 Å². The third-order valence-corrected chi connectivity index (χ3v) is 5.80. The second kappa shape index (κ2) is 8.20. The lowest BCUT2D eigenvalue weighted by Gasteiger charge is -2.13. The first-order valence-electron chi connectivity index (χ1n) is 7.89. The zero-order valence-corrected chi connectivity index (χ0v) is 16.5. The molecule has 2 heterocycles. The van der Waals surface area contributed by atoms with Crippen molar-refractivity contribution in [3.05, 3.63) is 46.6 Å². The molecule has 0 saturated carbocycles. The van der Waals surface area contributed by atoms with Crippen LogP contribution in [0.15, 0.2) is 40.9 Å². The Bertz CT molecular complexity index is 914. The fourth-order valence-corrected chi connectivity index (χ4v) is 4.07. The minimum atomic E-state index is -0.570. The lowest BCUT2D eigenvalue weighted by molar-refractivity contribution is -0.115. The van der Waals surface area contributed by atoms with Crippen LogP contribution in [-0.2, 0) is 11.3 Å². The van der Waals surface area contributed by atoms with Gasteiger partial charge in [-0.15, -0.1) is 21.5 Å². The molecule has 0 aliphatic heterocycles. The third-order valence-electron chi connectivity index (χ3n) is 3.62. The van der Waals surface area contributed by atoms with Gasteiger partial charge in [0.15, 0.2) is 11.0 Å². The van der Waals surface area contributed by atoms with Crippen LogP contribution in [0.25, 0.3) is 10.7 Å². The van der Waals surface area contributed by atoms with Crippen molar-refractivity contribution in [2.75, 3.05) is 5.32 Å². The second-order valence-electron chi connectivity index (χ2n) is 5.40. The zero-order chi connectivity index (χ0) is 18.7. The Morgan fingerprint density at radius 1 is 1.42 bits per heavy atom. The topological polar surface area (TPSA) is 59.8 Å². The summed E-state index contributed by atoms with van der Waals surface area (Å²) in [5.41, 5.74) is 0.100. The molecule has 1 aromatic carbocycles. The smallest absolute Gasteiger partial charge is 0.237 e. The van der Waals surface area contributed by atoms with E-state index < -0.39 is 11.1 Å². The number of anilines is 1. The van der Waals surface area contributed by atoms with Crippen LogP contribution in [0.5, 0.6) is 0 Å². The number of hydrogen-bond donors (Lipinski definition) is 1. The molecule has 5 nitrogen and oxygen atoms in total. The molecule has 2 aromatic heterocycles. The van der Waals surface area contributed by atoms with Crippen molar-refractivity contribution in [3.63, 3.8) is 0 Å². The molecule has 3 rings (SSSR count). The van der Waals surface area contributed by atoms with Gasteiger partial charge in [0.05, 0.1) is 15.8 Å². The van der Waals surface area contributed by atoms with E-state index >= 15 is 0 Å². The normalized spacial score (nSPS) is 12.2. The van der Waals surface area contributed by atoms with Crippen molar-refractivity contribution in [3.8, 4) is 10.7 Å². The van der Waals surface area contributed by atoms with E-state index in [0.717, 1.165) is 16.8 Å². The fraction of sp³-hybridized carbons (Fsp3) is 0.235. The molecule has 136 valence electrons. The Kier molecular flexibility index (Phi) is 5.95. The number of aromatic nitrogens is 3. The summed E-state index contributed by atoms with van der Waals surface area (Å²) in [5, 5.41) is 13.5. The average molecular weight is 411 g/mol. The predicted octanol–water partition coefficient (Wildman–Crippen LogP) is 4.94. The number of carbonyl (C=O) groups excluding carboxylic acids is 1. The summed E-state index contributed by atoms with van der Waals surface area (Å²) in [6.07, 6.45) is 0. The van der Waals surface area contributed by atoms with Crippen LogP contribution < -0.4 is 5.32 Å². The van der Waals surface area contributed by atoms with Gasteiger partial charge >= 0.3 is 0 Å². The van der Waals surface area contributed by atoms with Crippen LogP contribution in [0.3, 0.4) is 0 Å². The maximum absolute atomic E-state index is 13.8. The van der Waals surface area contributed by atoms with Crippen molar-refractivity contribution in [1.82, 2.24) is 14.8 Å². The highest BCUT2D eigenvalue weighted by Crippen LogP contribution is 2.29. The quantitative estimate of drug-likeness (QED) is 0.585. The second-order valence-corrected chi connectivity index (χ2v) is 8.09. The lowest BCUT2D eigenvalue weighted by Crippen LogP contribution is -2.23. The monoisotopic (exact) mass is 410 g/mol. The van der Waals surface area contributed by atoms with E-state index in [1.54, 1.807) is 18.3 Å². The molecule has 0 spiro atoms. The van der Waals surface area contributed by atoms with Gasteiger partial charge in [0.2, 0.25) is 5.91 Å². The Labute approximate surface area is 163 Å². The molecule has 1 N–H and O–H groups in total. The molecule has 26 heavy (non-hydrogen) atoms. The number of carbonyl (C=O) groups is 1. The number of amides is 1. The predicted molar refractivity (Wildman–Crippen MR) is 104 cm³/mol. The van der Waals surface area contributed by atoms with Gasteiger partial charge in [0.25, 0.3) is 0 Å². The molecule has 0 fully saturated rings. The Balaban J connectivity index is 1.73. The van der Waals surface area contributed by atoms with Crippen LogP contribution in [-0.4, -0.2) is 25.9 Å². The molecule has 0 saturated heterocycles. The Hall–Kier alpha value is -1.90. The summed E-state index contributed by atoms with van der Waals surface area (Å²) >= 11 is 8.59. The van der Waals surface area contributed by atoms with Gasteiger partial charge in [0, 0.05) is 11.6 Å². The zero-order valence-electron chi connectivity index (χ0n) is 14.1.